The number of methoxy groups -OCH3 is 1. The van der Waals surface area contributed by atoms with Crippen molar-refractivity contribution < 1.29 is 9.15 Å². The average Bonchev–Trinajstić information content (AvgIpc) is 3.41. The SMILES string of the molecule is CCNC(=NCc1cccc(COC)c1)NCC(c1ccco1)N1CCCC1.I. The molecule has 0 bridgehead atoms. The van der Waals surface area contributed by atoms with E-state index in [1.54, 1.807) is 13.4 Å². The average molecular weight is 512 g/mol. The van der Waals surface area contributed by atoms with Crippen molar-refractivity contribution in [2.45, 2.75) is 39.0 Å². The van der Waals surface area contributed by atoms with Crippen LogP contribution in [0.5, 0.6) is 0 Å². The molecule has 0 spiro atoms. The summed E-state index contributed by atoms with van der Waals surface area (Å²) in [5, 5.41) is 6.86. The molecule has 1 saturated heterocycles. The van der Waals surface area contributed by atoms with Gasteiger partial charge in [0.05, 0.1) is 25.5 Å². The molecular formula is C22H33IN4O2. The zero-order valence-corrected chi connectivity index (χ0v) is 19.7. The standard InChI is InChI=1S/C22H32N4O2.HI/c1-3-23-22(24-15-18-8-6-9-19(14-18)17-27-2)25-16-20(21-10-7-13-28-21)26-11-4-5-12-26;/h6-10,13-14,20H,3-5,11-12,15-17H2,1-2H3,(H2,23,24,25);1H. The van der Waals surface area contributed by atoms with Gasteiger partial charge in [-0.3, -0.25) is 4.90 Å². The van der Waals surface area contributed by atoms with Crippen LogP contribution in [0.4, 0.5) is 0 Å². The molecule has 1 atom stereocenters. The van der Waals surface area contributed by atoms with Crippen LogP contribution in [0.2, 0.25) is 0 Å². The molecule has 7 heteroatoms. The van der Waals surface area contributed by atoms with E-state index < -0.39 is 0 Å². The molecule has 3 rings (SSSR count). The van der Waals surface area contributed by atoms with Crippen molar-refractivity contribution in [3.63, 3.8) is 0 Å². The molecule has 1 aromatic carbocycles. The Kier molecular flexibility index (Phi) is 10.5. The Labute approximate surface area is 191 Å². The third-order valence-corrected chi connectivity index (χ3v) is 4.98. The first-order valence-electron chi connectivity index (χ1n) is 10.2. The smallest absolute Gasteiger partial charge is 0.191 e. The summed E-state index contributed by atoms with van der Waals surface area (Å²) in [6.45, 7) is 7.16. The van der Waals surface area contributed by atoms with Gasteiger partial charge in [-0.2, -0.15) is 0 Å². The minimum atomic E-state index is 0. The van der Waals surface area contributed by atoms with Gasteiger partial charge in [-0.25, -0.2) is 4.99 Å². The molecule has 0 saturated carbocycles. The van der Waals surface area contributed by atoms with Crippen LogP contribution in [0, 0.1) is 0 Å². The van der Waals surface area contributed by atoms with Gasteiger partial charge in [0.25, 0.3) is 0 Å². The van der Waals surface area contributed by atoms with Gasteiger partial charge < -0.3 is 19.8 Å². The highest BCUT2D eigenvalue weighted by molar-refractivity contribution is 14.0. The van der Waals surface area contributed by atoms with Gasteiger partial charge in [0.15, 0.2) is 5.96 Å². The maximum absolute atomic E-state index is 5.71. The number of nitrogens with zero attached hydrogens (tertiary/aromatic N) is 2. The highest BCUT2D eigenvalue weighted by Crippen LogP contribution is 2.24. The second-order valence-electron chi connectivity index (χ2n) is 7.10. The summed E-state index contributed by atoms with van der Waals surface area (Å²) in [6.07, 6.45) is 4.26. The van der Waals surface area contributed by atoms with Gasteiger partial charge in [0.1, 0.15) is 5.76 Å². The van der Waals surface area contributed by atoms with E-state index in [1.807, 2.05) is 6.07 Å². The largest absolute Gasteiger partial charge is 0.468 e. The van der Waals surface area contributed by atoms with Crippen molar-refractivity contribution in [1.82, 2.24) is 15.5 Å². The number of rotatable bonds is 9. The molecule has 160 valence electrons. The third kappa shape index (κ3) is 7.31. The van der Waals surface area contributed by atoms with Crippen LogP contribution in [-0.4, -0.2) is 44.1 Å². The number of aliphatic imine (C=N–C) groups is 1. The highest BCUT2D eigenvalue weighted by atomic mass is 127. The fraction of sp³-hybridized carbons (Fsp3) is 0.500. The van der Waals surface area contributed by atoms with Crippen LogP contribution in [0.3, 0.4) is 0 Å². The third-order valence-electron chi connectivity index (χ3n) is 4.98. The first kappa shape index (κ1) is 23.7. The van der Waals surface area contributed by atoms with Crippen molar-refractivity contribution in [1.29, 1.82) is 0 Å². The van der Waals surface area contributed by atoms with E-state index >= 15 is 0 Å². The van der Waals surface area contributed by atoms with E-state index in [0.29, 0.717) is 13.2 Å². The molecule has 6 nitrogen and oxygen atoms in total. The van der Waals surface area contributed by atoms with Crippen LogP contribution in [-0.2, 0) is 17.9 Å². The predicted molar refractivity (Wildman–Crippen MR) is 128 cm³/mol. The number of halogens is 1. The molecule has 1 fully saturated rings. The minimum absolute atomic E-state index is 0. The highest BCUT2D eigenvalue weighted by Gasteiger charge is 2.25. The molecule has 1 aliphatic heterocycles. The van der Waals surface area contributed by atoms with Crippen molar-refractivity contribution >= 4 is 29.9 Å². The number of furan rings is 1. The molecule has 1 aromatic heterocycles. The Morgan fingerprint density at radius 1 is 1.17 bits per heavy atom. The van der Waals surface area contributed by atoms with E-state index in [9.17, 15) is 0 Å². The van der Waals surface area contributed by atoms with E-state index in [1.165, 1.54) is 24.0 Å². The molecule has 0 radical (unpaired) electrons. The number of ether oxygens (including phenoxy) is 1. The fourth-order valence-corrected chi connectivity index (χ4v) is 3.63. The van der Waals surface area contributed by atoms with Gasteiger partial charge in [-0.05, 0) is 56.1 Å². The fourth-order valence-electron chi connectivity index (χ4n) is 3.63. The number of likely N-dealkylation sites (tertiary alicyclic amines) is 1. The van der Waals surface area contributed by atoms with Crippen LogP contribution in [0.1, 0.15) is 42.7 Å². The molecular weight excluding hydrogens is 479 g/mol. The molecule has 2 heterocycles. The Bertz CT molecular complexity index is 730. The number of benzene rings is 1. The lowest BCUT2D eigenvalue weighted by Crippen LogP contribution is -2.42. The van der Waals surface area contributed by atoms with E-state index in [-0.39, 0.29) is 30.0 Å². The Hall–Kier alpha value is -1.58. The van der Waals surface area contributed by atoms with E-state index in [2.05, 4.69) is 52.8 Å². The lowest BCUT2D eigenvalue weighted by Gasteiger charge is -2.26. The molecule has 29 heavy (non-hydrogen) atoms. The molecule has 1 aliphatic rings. The molecule has 2 aromatic rings. The summed E-state index contributed by atoms with van der Waals surface area (Å²) < 4.78 is 10.9. The van der Waals surface area contributed by atoms with Gasteiger partial charge in [-0.15, -0.1) is 24.0 Å². The number of hydrogen-bond acceptors (Lipinski definition) is 4. The molecule has 0 amide bonds. The molecule has 1 unspecified atom stereocenters. The van der Waals surface area contributed by atoms with Crippen LogP contribution in [0.25, 0.3) is 0 Å². The maximum Gasteiger partial charge on any atom is 0.191 e. The number of guanidine groups is 1. The summed E-state index contributed by atoms with van der Waals surface area (Å²) >= 11 is 0. The number of hydrogen-bond donors (Lipinski definition) is 2. The van der Waals surface area contributed by atoms with Crippen LogP contribution < -0.4 is 10.6 Å². The summed E-state index contributed by atoms with van der Waals surface area (Å²) in [5.74, 6) is 1.84. The zero-order valence-electron chi connectivity index (χ0n) is 17.4. The summed E-state index contributed by atoms with van der Waals surface area (Å²) in [7, 11) is 1.72. The second-order valence-corrected chi connectivity index (χ2v) is 7.10. The summed E-state index contributed by atoms with van der Waals surface area (Å²) in [6, 6.07) is 12.6. The van der Waals surface area contributed by atoms with Crippen molar-refractivity contribution in [3.05, 3.63) is 59.5 Å². The van der Waals surface area contributed by atoms with E-state index in [4.69, 9.17) is 14.1 Å². The zero-order chi connectivity index (χ0) is 19.6. The minimum Gasteiger partial charge on any atom is -0.468 e. The van der Waals surface area contributed by atoms with Gasteiger partial charge in [-0.1, -0.05) is 24.3 Å². The van der Waals surface area contributed by atoms with Crippen molar-refractivity contribution in [2.24, 2.45) is 4.99 Å². The van der Waals surface area contributed by atoms with E-state index in [0.717, 1.165) is 37.9 Å². The quantitative estimate of drug-likeness (QED) is 0.303. The van der Waals surface area contributed by atoms with Crippen LogP contribution in [0.15, 0.2) is 52.1 Å². The van der Waals surface area contributed by atoms with Crippen molar-refractivity contribution in [3.8, 4) is 0 Å². The monoisotopic (exact) mass is 512 g/mol. The topological polar surface area (TPSA) is 62.0 Å². The Morgan fingerprint density at radius 2 is 1.97 bits per heavy atom. The lowest BCUT2D eigenvalue weighted by molar-refractivity contribution is 0.185. The normalized spacial score (nSPS) is 15.7. The summed E-state index contributed by atoms with van der Waals surface area (Å²) in [5.41, 5.74) is 2.34. The summed E-state index contributed by atoms with van der Waals surface area (Å²) in [4.78, 5) is 7.26. The Morgan fingerprint density at radius 3 is 2.66 bits per heavy atom. The maximum atomic E-state index is 5.71. The number of nitrogens with one attached hydrogen (secondary N) is 2. The van der Waals surface area contributed by atoms with Gasteiger partial charge in [0.2, 0.25) is 0 Å². The van der Waals surface area contributed by atoms with Crippen LogP contribution >= 0.6 is 24.0 Å². The predicted octanol–water partition coefficient (Wildman–Crippen LogP) is 3.94. The first-order valence-corrected chi connectivity index (χ1v) is 10.2. The first-order chi connectivity index (χ1) is 13.8. The molecule has 0 aliphatic carbocycles. The van der Waals surface area contributed by atoms with Gasteiger partial charge in [0, 0.05) is 20.2 Å². The van der Waals surface area contributed by atoms with Crippen molar-refractivity contribution in [2.75, 3.05) is 33.3 Å². The lowest BCUT2D eigenvalue weighted by atomic mass is 10.1. The molecule has 2 N–H and O–H groups in total. The Balaban J connectivity index is 0.00000300. The van der Waals surface area contributed by atoms with Gasteiger partial charge >= 0.3 is 0 Å². The second kappa shape index (κ2) is 12.9.